The molecule has 0 aliphatic heterocycles. The van der Waals surface area contributed by atoms with Crippen molar-refractivity contribution in [3.8, 4) is 5.75 Å². The smallest absolute Gasteiger partial charge is 0.193 e. The number of ether oxygens (including phenoxy) is 1. The van der Waals surface area contributed by atoms with Gasteiger partial charge in [0.25, 0.3) is 0 Å². The zero-order valence-electron chi connectivity index (χ0n) is 10.0. The molecule has 0 amide bonds. The molecule has 0 bridgehead atoms. The monoisotopic (exact) mass is 203 g/mol. The molecule has 0 fully saturated rings. The molecule has 0 saturated heterocycles. The van der Waals surface area contributed by atoms with Crippen LogP contribution in [0.2, 0.25) is 0 Å². The normalized spacial score (nSPS) is 10.9. The van der Waals surface area contributed by atoms with Crippen molar-refractivity contribution in [1.29, 1.82) is 0 Å². The van der Waals surface area contributed by atoms with Crippen LogP contribution in [0.5, 0.6) is 5.75 Å². The molecule has 0 N–H and O–H groups in total. The lowest BCUT2D eigenvalue weighted by atomic mass is 9.85. The maximum Gasteiger partial charge on any atom is 0.193 e. The fourth-order valence-electron chi connectivity index (χ4n) is 1.66. The van der Waals surface area contributed by atoms with Crippen LogP contribution >= 0.6 is 0 Å². The molecule has 2 heteroatoms. The number of rotatable bonds is 1. The highest BCUT2D eigenvalue weighted by Crippen LogP contribution is 2.37. The van der Waals surface area contributed by atoms with E-state index in [4.69, 9.17) is 11.3 Å². The van der Waals surface area contributed by atoms with Crippen LogP contribution in [0.4, 0.5) is 5.69 Å². The van der Waals surface area contributed by atoms with Crippen molar-refractivity contribution in [1.82, 2.24) is 0 Å². The third-order valence-corrected chi connectivity index (χ3v) is 2.51. The van der Waals surface area contributed by atoms with Crippen molar-refractivity contribution in [2.45, 2.75) is 33.1 Å². The van der Waals surface area contributed by atoms with E-state index >= 15 is 0 Å². The Labute approximate surface area is 91.7 Å². The van der Waals surface area contributed by atoms with Gasteiger partial charge in [-0.3, -0.25) is 0 Å². The maximum absolute atomic E-state index is 7.05. The molecule has 0 heterocycles. The molecule has 0 saturated carbocycles. The molecule has 15 heavy (non-hydrogen) atoms. The van der Waals surface area contributed by atoms with Gasteiger partial charge in [-0.15, -0.1) is 0 Å². The molecule has 1 aromatic rings. The Hall–Kier alpha value is -1.49. The van der Waals surface area contributed by atoms with Gasteiger partial charge in [0.05, 0.1) is 13.7 Å². The summed E-state index contributed by atoms with van der Waals surface area (Å²) >= 11 is 0. The highest BCUT2D eigenvalue weighted by molar-refractivity contribution is 5.61. The lowest BCUT2D eigenvalue weighted by Crippen LogP contribution is -2.13. The topological polar surface area (TPSA) is 13.6 Å². The third-order valence-electron chi connectivity index (χ3n) is 2.51. The van der Waals surface area contributed by atoms with Gasteiger partial charge in [-0.2, -0.15) is 0 Å². The zero-order chi connectivity index (χ0) is 11.6. The molecule has 80 valence electrons. The lowest BCUT2D eigenvalue weighted by molar-refractivity contribution is 0.395. The Kier molecular flexibility index (Phi) is 3.04. The second kappa shape index (κ2) is 3.94. The fourth-order valence-corrected chi connectivity index (χ4v) is 1.66. The number of methoxy groups -OCH3 is 1. The van der Waals surface area contributed by atoms with E-state index in [1.165, 1.54) is 0 Å². The first-order valence-corrected chi connectivity index (χ1v) is 4.97. The summed E-state index contributed by atoms with van der Waals surface area (Å²) in [6.07, 6.45) is 0. The Morgan fingerprint density at radius 1 is 1.27 bits per heavy atom. The molecule has 0 aromatic heterocycles. The molecule has 0 atom stereocenters. The summed E-state index contributed by atoms with van der Waals surface area (Å²) in [5.41, 5.74) is 2.78. The number of nitrogens with zero attached hydrogens (tertiary/aromatic N) is 1. The molecule has 1 aromatic carbocycles. The second-order valence-corrected chi connectivity index (χ2v) is 4.65. The van der Waals surface area contributed by atoms with E-state index in [-0.39, 0.29) is 5.41 Å². The Bertz CT molecular complexity index is 408. The molecule has 0 spiro atoms. The Morgan fingerprint density at radius 2 is 1.87 bits per heavy atom. The van der Waals surface area contributed by atoms with Crippen LogP contribution in [-0.2, 0) is 5.41 Å². The predicted molar refractivity (Wildman–Crippen MR) is 62.7 cm³/mol. The molecular formula is C13H17NO. The van der Waals surface area contributed by atoms with E-state index in [1.54, 1.807) is 7.11 Å². The van der Waals surface area contributed by atoms with Gasteiger partial charge in [0, 0.05) is 0 Å². The first kappa shape index (κ1) is 11.6. The van der Waals surface area contributed by atoms with Crippen LogP contribution in [0.25, 0.3) is 4.85 Å². The minimum absolute atomic E-state index is 0.0384. The van der Waals surface area contributed by atoms with Crippen molar-refractivity contribution < 1.29 is 4.74 Å². The van der Waals surface area contributed by atoms with Crippen LogP contribution in [0.1, 0.15) is 31.9 Å². The summed E-state index contributed by atoms with van der Waals surface area (Å²) in [6, 6.07) is 3.85. The third kappa shape index (κ3) is 2.12. The Balaban J connectivity index is 3.46. The standard InChI is InChI=1S/C13H17NO/c1-9-11(14-5)8-7-10(12(9)15-6)13(2,3)4/h7-8H,1-4,6H3. The van der Waals surface area contributed by atoms with Crippen molar-refractivity contribution in [3.63, 3.8) is 0 Å². The van der Waals surface area contributed by atoms with E-state index in [9.17, 15) is 0 Å². The summed E-state index contributed by atoms with van der Waals surface area (Å²) in [4.78, 5) is 3.47. The van der Waals surface area contributed by atoms with Gasteiger partial charge in [0.1, 0.15) is 5.75 Å². The Morgan fingerprint density at radius 3 is 2.27 bits per heavy atom. The van der Waals surface area contributed by atoms with Crippen LogP contribution < -0.4 is 4.74 Å². The van der Waals surface area contributed by atoms with Gasteiger partial charge >= 0.3 is 0 Å². The molecule has 2 nitrogen and oxygen atoms in total. The summed E-state index contributed by atoms with van der Waals surface area (Å²) in [5, 5.41) is 0. The average Bonchev–Trinajstić information content (AvgIpc) is 2.15. The minimum Gasteiger partial charge on any atom is -0.498 e. The largest absolute Gasteiger partial charge is 0.498 e. The van der Waals surface area contributed by atoms with Crippen LogP contribution in [0.3, 0.4) is 0 Å². The number of benzene rings is 1. The highest BCUT2D eigenvalue weighted by Gasteiger charge is 2.21. The molecule has 1 rings (SSSR count). The van der Waals surface area contributed by atoms with E-state index in [2.05, 4.69) is 25.6 Å². The number of hydrogen-bond acceptors (Lipinski definition) is 1. The minimum atomic E-state index is 0.0384. The predicted octanol–water partition coefficient (Wildman–Crippen LogP) is 3.85. The fraction of sp³-hybridized carbons (Fsp3) is 0.462. The SMILES string of the molecule is [C-]#[N+]c1ccc(C(C)(C)C)c(OC)c1C. The molecule has 0 radical (unpaired) electrons. The van der Waals surface area contributed by atoms with Gasteiger partial charge in [0.2, 0.25) is 0 Å². The number of hydrogen-bond donors (Lipinski definition) is 0. The van der Waals surface area contributed by atoms with Crippen molar-refractivity contribution >= 4 is 5.69 Å². The van der Waals surface area contributed by atoms with E-state index in [1.807, 2.05) is 19.1 Å². The van der Waals surface area contributed by atoms with Crippen LogP contribution in [0.15, 0.2) is 12.1 Å². The van der Waals surface area contributed by atoms with E-state index in [0.29, 0.717) is 5.69 Å². The average molecular weight is 203 g/mol. The first-order valence-electron chi connectivity index (χ1n) is 4.97. The highest BCUT2D eigenvalue weighted by atomic mass is 16.5. The van der Waals surface area contributed by atoms with Gasteiger partial charge in [-0.05, 0) is 23.5 Å². The van der Waals surface area contributed by atoms with Crippen molar-refractivity contribution in [2.75, 3.05) is 7.11 Å². The van der Waals surface area contributed by atoms with Gasteiger partial charge in [0.15, 0.2) is 5.69 Å². The summed E-state index contributed by atoms with van der Waals surface area (Å²) < 4.78 is 5.40. The molecule has 0 aliphatic rings. The van der Waals surface area contributed by atoms with Crippen LogP contribution in [-0.4, -0.2) is 7.11 Å². The first-order chi connectivity index (χ1) is 6.91. The van der Waals surface area contributed by atoms with E-state index in [0.717, 1.165) is 16.9 Å². The van der Waals surface area contributed by atoms with Crippen molar-refractivity contribution in [3.05, 3.63) is 34.7 Å². The van der Waals surface area contributed by atoms with Crippen LogP contribution in [0, 0.1) is 13.5 Å². The quantitative estimate of drug-likeness (QED) is 0.632. The van der Waals surface area contributed by atoms with Gasteiger partial charge in [-0.25, -0.2) is 4.85 Å². The summed E-state index contributed by atoms with van der Waals surface area (Å²) in [7, 11) is 1.66. The zero-order valence-corrected chi connectivity index (χ0v) is 10.0. The summed E-state index contributed by atoms with van der Waals surface area (Å²) in [5.74, 6) is 0.844. The molecule has 0 unspecified atom stereocenters. The van der Waals surface area contributed by atoms with Crippen molar-refractivity contribution in [2.24, 2.45) is 0 Å². The maximum atomic E-state index is 7.05. The summed E-state index contributed by atoms with van der Waals surface area (Å²) in [6.45, 7) is 15.4. The van der Waals surface area contributed by atoms with E-state index < -0.39 is 0 Å². The van der Waals surface area contributed by atoms with Gasteiger partial charge in [-0.1, -0.05) is 32.9 Å². The second-order valence-electron chi connectivity index (χ2n) is 4.65. The molecule has 0 aliphatic carbocycles. The van der Waals surface area contributed by atoms with Gasteiger partial charge < -0.3 is 4.74 Å². The molecular weight excluding hydrogens is 186 g/mol. The lowest BCUT2D eigenvalue weighted by Gasteiger charge is -2.23.